The molecule has 0 bridgehead atoms. The number of hydrogen-bond acceptors (Lipinski definition) is 4. The second kappa shape index (κ2) is 7.32. The summed E-state index contributed by atoms with van der Waals surface area (Å²) in [4.78, 5) is 8.58. The molecule has 3 heterocycles. The molecule has 0 saturated heterocycles. The third-order valence-corrected chi connectivity index (χ3v) is 4.56. The van der Waals surface area contributed by atoms with Crippen LogP contribution in [0.25, 0.3) is 16.9 Å². The highest BCUT2D eigenvalue weighted by Gasteiger charge is 2.11. The van der Waals surface area contributed by atoms with Crippen molar-refractivity contribution in [3.05, 3.63) is 77.0 Å². The molecular weight excluding hydrogens is 365 g/mol. The Hall–Kier alpha value is -2.99. The van der Waals surface area contributed by atoms with Gasteiger partial charge in [0, 0.05) is 35.5 Å². The Balaban J connectivity index is 1.59. The van der Waals surface area contributed by atoms with Crippen LogP contribution in [0.4, 0.5) is 10.2 Å². The quantitative estimate of drug-likeness (QED) is 0.506. The Morgan fingerprint density at radius 3 is 2.78 bits per heavy atom. The lowest BCUT2D eigenvalue weighted by atomic mass is 10.1. The lowest BCUT2D eigenvalue weighted by molar-refractivity contribution is 0.613. The number of nitrogens with zero attached hydrogens (tertiary/aromatic N) is 4. The van der Waals surface area contributed by atoms with Gasteiger partial charge in [-0.1, -0.05) is 36.7 Å². The second-order valence-corrected chi connectivity index (χ2v) is 6.48. The van der Waals surface area contributed by atoms with Crippen LogP contribution >= 0.6 is 11.6 Å². The number of pyridine rings is 1. The van der Waals surface area contributed by atoms with Gasteiger partial charge in [-0.25, -0.2) is 9.37 Å². The summed E-state index contributed by atoms with van der Waals surface area (Å²) >= 11 is 6.14. The summed E-state index contributed by atoms with van der Waals surface area (Å²) in [6.45, 7) is 2.33. The molecule has 0 aliphatic carbocycles. The normalized spacial score (nSPS) is 11.1. The molecule has 0 aliphatic heterocycles. The zero-order valence-electron chi connectivity index (χ0n) is 14.7. The molecule has 5 nitrogen and oxygen atoms in total. The summed E-state index contributed by atoms with van der Waals surface area (Å²) in [5, 5.41) is 7.92. The van der Waals surface area contributed by atoms with Crippen molar-refractivity contribution in [3.63, 3.8) is 0 Å². The molecule has 3 aromatic heterocycles. The average molecular weight is 382 g/mol. The first kappa shape index (κ1) is 17.4. The molecule has 27 heavy (non-hydrogen) atoms. The lowest BCUT2D eigenvalue weighted by Gasteiger charge is -2.11. The summed E-state index contributed by atoms with van der Waals surface area (Å²) < 4.78 is 16.2. The second-order valence-electron chi connectivity index (χ2n) is 6.10. The van der Waals surface area contributed by atoms with Gasteiger partial charge in [-0.2, -0.15) is 9.61 Å². The molecule has 0 unspecified atom stereocenters. The maximum absolute atomic E-state index is 14.6. The van der Waals surface area contributed by atoms with Crippen molar-refractivity contribution in [1.82, 2.24) is 19.6 Å². The number of benzene rings is 1. The van der Waals surface area contributed by atoms with Gasteiger partial charge in [-0.3, -0.25) is 4.98 Å². The van der Waals surface area contributed by atoms with E-state index in [4.69, 9.17) is 11.6 Å². The van der Waals surface area contributed by atoms with Crippen LogP contribution < -0.4 is 5.32 Å². The number of anilines is 1. The van der Waals surface area contributed by atoms with Gasteiger partial charge in [0.05, 0.1) is 11.9 Å². The van der Waals surface area contributed by atoms with Crippen LogP contribution in [0.15, 0.2) is 54.9 Å². The number of nitrogens with one attached hydrogen (secondary N) is 1. The van der Waals surface area contributed by atoms with Crippen LogP contribution in [-0.4, -0.2) is 19.6 Å². The van der Waals surface area contributed by atoms with Gasteiger partial charge in [-0.05, 0) is 24.6 Å². The van der Waals surface area contributed by atoms with Gasteiger partial charge in [0.2, 0.25) is 0 Å². The molecule has 0 radical (unpaired) electrons. The lowest BCUT2D eigenvalue weighted by Crippen LogP contribution is -2.07. The molecule has 7 heteroatoms. The van der Waals surface area contributed by atoms with Crippen molar-refractivity contribution in [1.29, 1.82) is 0 Å². The molecular formula is C20H17ClFN5. The molecule has 0 amide bonds. The summed E-state index contributed by atoms with van der Waals surface area (Å²) in [5.74, 6) is 0.370. The number of halogens is 2. The number of aromatic nitrogens is 4. The van der Waals surface area contributed by atoms with E-state index in [9.17, 15) is 4.39 Å². The van der Waals surface area contributed by atoms with Crippen molar-refractivity contribution in [2.45, 2.75) is 19.9 Å². The number of hydrogen-bond donors (Lipinski definition) is 1. The van der Waals surface area contributed by atoms with Crippen LogP contribution in [0.1, 0.15) is 18.1 Å². The molecule has 1 aromatic carbocycles. The Bertz CT molecular complexity index is 1090. The van der Waals surface area contributed by atoms with Crippen LogP contribution in [0.3, 0.4) is 0 Å². The van der Waals surface area contributed by atoms with Gasteiger partial charge in [-0.15, -0.1) is 0 Å². The fourth-order valence-corrected chi connectivity index (χ4v) is 3.11. The highest BCUT2D eigenvalue weighted by Crippen LogP contribution is 2.22. The zero-order chi connectivity index (χ0) is 18.8. The molecule has 0 atom stereocenters. The molecule has 0 fully saturated rings. The van der Waals surface area contributed by atoms with E-state index in [0.29, 0.717) is 28.7 Å². The predicted molar refractivity (Wildman–Crippen MR) is 104 cm³/mol. The van der Waals surface area contributed by atoms with E-state index in [1.165, 1.54) is 6.07 Å². The monoisotopic (exact) mass is 381 g/mol. The predicted octanol–water partition coefficient (Wildman–Crippen LogP) is 4.76. The Kier molecular flexibility index (Phi) is 4.73. The van der Waals surface area contributed by atoms with Crippen molar-refractivity contribution in [2.24, 2.45) is 0 Å². The first-order valence-corrected chi connectivity index (χ1v) is 9.00. The fourth-order valence-electron chi connectivity index (χ4n) is 2.92. The van der Waals surface area contributed by atoms with E-state index in [-0.39, 0.29) is 5.82 Å². The van der Waals surface area contributed by atoms with Crippen LogP contribution in [0.2, 0.25) is 5.15 Å². The average Bonchev–Trinajstić information content (AvgIpc) is 3.10. The van der Waals surface area contributed by atoms with E-state index in [1.54, 1.807) is 29.0 Å². The minimum absolute atomic E-state index is 0.295. The van der Waals surface area contributed by atoms with Gasteiger partial charge in [0.15, 0.2) is 5.65 Å². The fraction of sp³-hybridized carbons (Fsp3) is 0.150. The van der Waals surface area contributed by atoms with E-state index in [2.05, 4.69) is 20.4 Å². The Labute approximate surface area is 160 Å². The minimum atomic E-state index is -0.295. The molecule has 4 rings (SSSR count). The van der Waals surface area contributed by atoms with Gasteiger partial charge < -0.3 is 5.32 Å². The smallest absolute Gasteiger partial charge is 0.162 e. The number of fused-ring (bicyclic) bond motifs is 1. The van der Waals surface area contributed by atoms with Crippen LogP contribution in [0.5, 0.6) is 0 Å². The largest absolute Gasteiger partial charge is 0.366 e. The van der Waals surface area contributed by atoms with Crippen molar-refractivity contribution < 1.29 is 4.39 Å². The highest BCUT2D eigenvalue weighted by molar-refractivity contribution is 6.29. The molecule has 4 aromatic rings. The summed E-state index contributed by atoms with van der Waals surface area (Å²) in [5.41, 5.74) is 3.73. The molecule has 1 N–H and O–H groups in total. The topological polar surface area (TPSA) is 55.1 Å². The first-order valence-electron chi connectivity index (χ1n) is 8.62. The zero-order valence-corrected chi connectivity index (χ0v) is 15.4. The van der Waals surface area contributed by atoms with Crippen molar-refractivity contribution in [3.8, 4) is 11.3 Å². The summed E-state index contributed by atoms with van der Waals surface area (Å²) in [6, 6.07) is 12.4. The third-order valence-electron chi connectivity index (χ3n) is 4.37. The maximum atomic E-state index is 14.6. The third kappa shape index (κ3) is 3.48. The molecule has 136 valence electrons. The SMILES string of the molecule is CCc1cnn2c(NCc3ccc(-c4ccccn4)cc3F)cc(Cl)nc12. The summed E-state index contributed by atoms with van der Waals surface area (Å²) in [7, 11) is 0. The van der Waals surface area contributed by atoms with Crippen molar-refractivity contribution >= 4 is 23.1 Å². The van der Waals surface area contributed by atoms with Crippen molar-refractivity contribution in [2.75, 3.05) is 5.32 Å². The standard InChI is InChI=1S/C20H17ClFN5/c1-2-13-12-25-27-19(10-18(21)26-20(13)27)24-11-15-7-6-14(9-16(15)22)17-5-3-4-8-23-17/h3-10,12,24H,2,11H2,1H3. The van der Waals surface area contributed by atoms with Gasteiger partial charge in [0.25, 0.3) is 0 Å². The number of aryl methyl sites for hydroxylation is 1. The van der Waals surface area contributed by atoms with E-state index >= 15 is 0 Å². The first-order chi connectivity index (χ1) is 13.2. The van der Waals surface area contributed by atoms with E-state index in [1.807, 2.05) is 31.2 Å². The maximum Gasteiger partial charge on any atom is 0.162 e. The molecule has 0 aliphatic rings. The van der Waals surface area contributed by atoms with Crippen LogP contribution in [0, 0.1) is 5.82 Å². The Morgan fingerprint density at radius 1 is 1.15 bits per heavy atom. The molecule has 0 saturated carbocycles. The van der Waals surface area contributed by atoms with E-state index < -0.39 is 0 Å². The van der Waals surface area contributed by atoms with Gasteiger partial charge >= 0.3 is 0 Å². The molecule has 0 spiro atoms. The summed E-state index contributed by atoms with van der Waals surface area (Å²) in [6.07, 6.45) is 4.27. The Morgan fingerprint density at radius 2 is 2.04 bits per heavy atom. The van der Waals surface area contributed by atoms with Crippen LogP contribution in [-0.2, 0) is 13.0 Å². The minimum Gasteiger partial charge on any atom is -0.366 e. The van der Waals surface area contributed by atoms with Gasteiger partial charge in [0.1, 0.15) is 16.8 Å². The number of rotatable bonds is 5. The highest BCUT2D eigenvalue weighted by atomic mass is 35.5. The van der Waals surface area contributed by atoms with E-state index in [0.717, 1.165) is 23.2 Å².